The van der Waals surface area contributed by atoms with E-state index in [0.717, 1.165) is 51.6 Å². The van der Waals surface area contributed by atoms with Gasteiger partial charge in [0.25, 0.3) is 0 Å². The first-order valence-corrected chi connectivity index (χ1v) is 9.54. The first-order chi connectivity index (χ1) is 9.58. The fraction of sp³-hybridized carbons (Fsp3) is 1.00. The second-order valence-corrected chi connectivity index (χ2v) is 8.09. The van der Waals surface area contributed by atoms with E-state index in [1.165, 1.54) is 0 Å². The number of aliphatic hydroxyl groups excluding tert-OH is 1. The van der Waals surface area contributed by atoms with Gasteiger partial charge in [-0.05, 0) is 38.6 Å². The third kappa shape index (κ3) is 3.72. The summed E-state index contributed by atoms with van der Waals surface area (Å²) in [5.41, 5.74) is 0. The van der Waals surface area contributed by atoms with Gasteiger partial charge in [0.1, 0.15) is 0 Å². The minimum atomic E-state index is -3.09. The van der Waals surface area contributed by atoms with Gasteiger partial charge in [-0.3, -0.25) is 4.90 Å². The smallest absolute Gasteiger partial charge is 0.214 e. The Hall–Kier alpha value is -0.170. The van der Waals surface area contributed by atoms with E-state index in [1.807, 2.05) is 6.92 Å². The summed E-state index contributed by atoms with van der Waals surface area (Å²) in [5, 5.41) is 9.38. The zero-order valence-corrected chi connectivity index (χ0v) is 13.3. The summed E-state index contributed by atoms with van der Waals surface area (Å²) in [7, 11) is -3.09. The van der Waals surface area contributed by atoms with Gasteiger partial charge in [-0.15, -0.1) is 0 Å². The Morgan fingerprint density at radius 2 is 1.85 bits per heavy atom. The lowest BCUT2D eigenvalue weighted by atomic mass is 10.2. The molecule has 0 aromatic heterocycles. The van der Waals surface area contributed by atoms with Gasteiger partial charge in [-0.2, -0.15) is 4.31 Å². The van der Waals surface area contributed by atoms with Crippen molar-refractivity contribution in [1.82, 2.24) is 9.21 Å². The molecule has 2 aliphatic rings. The Balaban J connectivity index is 1.97. The number of sulfonamides is 1. The molecule has 2 heterocycles. The molecule has 118 valence electrons. The number of hydrogen-bond acceptors (Lipinski definition) is 4. The van der Waals surface area contributed by atoms with E-state index in [-0.39, 0.29) is 24.4 Å². The molecule has 20 heavy (non-hydrogen) atoms. The summed E-state index contributed by atoms with van der Waals surface area (Å²) in [6.45, 7) is 4.66. The number of likely N-dealkylation sites (tertiary alicyclic amines) is 1. The van der Waals surface area contributed by atoms with Crippen molar-refractivity contribution in [3.05, 3.63) is 0 Å². The van der Waals surface area contributed by atoms with Crippen LogP contribution in [0.15, 0.2) is 0 Å². The third-order valence-corrected chi connectivity index (χ3v) is 6.59. The molecule has 0 aromatic rings. The number of unbranched alkanes of at least 4 members (excludes halogenated alkanes) is 1. The second-order valence-electron chi connectivity index (χ2n) is 6.05. The molecule has 2 saturated heterocycles. The summed E-state index contributed by atoms with van der Waals surface area (Å²) >= 11 is 0. The fourth-order valence-corrected chi connectivity index (χ4v) is 5.34. The maximum absolute atomic E-state index is 12.4. The van der Waals surface area contributed by atoms with Gasteiger partial charge in [-0.1, -0.05) is 13.3 Å². The van der Waals surface area contributed by atoms with Crippen LogP contribution in [-0.2, 0) is 10.0 Å². The summed E-state index contributed by atoms with van der Waals surface area (Å²) in [6, 6.07) is 0.347. The summed E-state index contributed by atoms with van der Waals surface area (Å²) < 4.78 is 26.5. The molecule has 2 rings (SSSR count). The van der Waals surface area contributed by atoms with Gasteiger partial charge in [0, 0.05) is 25.2 Å². The molecule has 0 spiro atoms. The van der Waals surface area contributed by atoms with Crippen LogP contribution in [0.2, 0.25) is 0 Å². The number of rotatable bonds is 7. The third-order valence-electron chi connectivity index (χ3n) is 4.59. The Kier molecular flexibility index (Phi) is 5.84. The number of aliphatic hydroxyl groups is 1. The van der Waals surface area contributed by atoms with Crippen LogP contribution in [0.4, 0.5) is 0 Å². The van der Waals surface area contributed by atoms with Crippen molar-refractivity contribution < 1.29 is 13.5 Å². The molecule has 2 atom stereocenters. The molecule has 0 bridgehead atoms. The topological polar surface area (TPSA) is 60.9 Å². The molecule has 2 unspecified atom stereocenters. The molecule has 1 N–H and O–H groups in total. The van der Waals surface area contributed by atoms with Gasteiger partial charge in [0.2, 0.25) is 10.0 Å². The lowest BCUT2D eigenvalue weighted by molar-refractivity contribution is 0.140. The normalized spacial score (nSPS) is 29.3. The average Bonchev–Trinajstić information content (AvgIpc) is 3.06. The summed E-state index contributed by atoms with van der Waals surface area (Å²) in [5.74, 6) is 0.281. The van der Waals surface area contributed by atoms with Crippen LogP contribution in [0.25, 0.3) is 0 Å². The largest absolute Gasteiger partial charge is 0.395 e. The van der Waals surface area contributed by atoms with E-state index in [1.54, 1.807) is 4.31 Å². The van der Waals surface area contributed by atoms with Crippen molar-refractivity contribution in [3.63, 3.8) is 0 Å². The van der Waals surface area contributed by atoms with Crippen LogP contribution in [-0.4, -0.2) is 66.8 Å². The van der Waals surface area contributed by atoms with Crippen LogP contribution in [0, 0.1) is 0 Å². The van der Waals surface area contributed by atoms with Gasteiger partial charge < -0.3 is 5.11 Å². The van der Waals surface area contributed by atoms with Gasteiger partial charge in [0.05, 0.1) is 12.4 Å². The molecule has 0 radical (unpaired) electrons. The highest BCUT2D eigenvalue weighted by Gasteiger charge is 2.36. The predicted octanol–water partition coefficient (Wildman–Crippen LogP) is 1.04. The predicted molar refractivity (Wildman–Crippen MR) is 80.1 cm³/mol. The zero-order valence-electron chi connectivity index (χ0n) is 12.5. The Morgan fingerprint density at radius 1 is 1.15 bits per heavy atom. The molecule has 5 nitrogen and oxygen atoms in total. The molecular formula is C14H28N2O3S. The molecule has 2 fully saturated rings. The SMILES string of the molecule is CCCCS(=O)(=O)N1CCCC1CN1CCCC1CO. The lowest BCUT2D eigenvalue weighted by Gasteiger charge is -2.30. The Bertz CT molecular complexity index is 399. The Morgan fingerprint density at radius 3 is 2.55 bits per heavy atom. The van der Waals surface area contributed by atoms with E-state index in [2.05, 4.69) is 4.90 Å². The highest BCUT2D eigenvalue weighted by atomic mass is 32.2. The van der Waals surface area contributed by atoms with Crippen molar-refractivity contribution in [2.75, 3.05) is 32.0 Å². The van der Waals surface area contributed by atoms with E-state index < -0.39 is 10.0 Å². The highest BCUT2D eigenvalue weighted by molar-refractivity contribution is 7.89. The monoisotopic (exact) mass is 304 g/mol. The molecular weight excluding hydrogens is 276 g/mol. The van der Waals surface area contributed by atoms with Crippen molar-refractivity contribution in [2.24, 2.45) is 0 Å². The van der Waals surface area contributed by atoms with Crippen molar-refractivity contribution >= 4 is 10.0 Å². The molecule has 6 heteroatoms. The molecule has 0 saturated carbocycles. The van der Waals surface area contributed by atoms with E-state index in [9.17, 15) is 13.5 Å². The van der Waals surface area contributed by atoms with Crippen molar-refractivity contribution in [3.8, 4) is 0 Å². The fourth-order valence-electron chi connectivity index (χ4n) is 3.41. The molecule has 0 aliphatic carbocycles. The van der Waals surface area contributed by atoms with E-state index >= 15 is 0 Å². The first kappa shape index (κ1) is 16.2. The van der Waals surface area contributed by atoms with Crippen LogP contribution < -0.4 is 0 Å². The second kappa shape index (κ2) is 7.20. The van der Waals surface area contributed by atoms with Crippen LogP contribution >= 0.6 is 0 Å². The minimum Gasteiger partial charge on any atom is -0.395 e. The highest BCUT2D eigenvalue weighted by Crippen LogP contribution is 2.26. The summed E-state index contributed by atoms with van der Waals surface area (Å²) in [6.07, 6.45) is 5.73. The quantitative estimate of drug-likeness (QED) is 0.763. The van der Waals surface area contributed by atoms with Crippen molar-refractivity contribution in [1.29, 1.82) is 0 Å². The van der Waals surface area contributed by atoms with E-state index in [4.69, 9.17) is 0 Å². The molecule has 2 aliphatic heterocycles. The standard InChI is InChI=1S/C14H28N2O3S/c1-2-3-10-20(18,19)16-9-5-6-13(16)11-15-8-4-7-14(15)12-17/h13-14,17H,2-12H2,1H3. The van der Waals surface area contributed by atoms with Crippen LogP contribution in [0.3, 0.4) is 0 Å². The van der Waals surface area contributed by atoms with Gasteiger partial charge in [0.15, 0.2) is 0 Å². The Labute approximate surface area is 123 Å². The summed E-state index contributed by atoms with van der Waals surface area (Å²) in [4.78, 5) is 2.28. The number of hydrogen-bond donors (Lipinski definition) is 1. The number of nitrogens with zero attached hydrogens (tertiary/aromatic N) is 2. The van der Waals surface area contributed by atoms with Crippen molar-refractivity contribution in [2.45, 2.75) is 57.5 Å². The first-order valence-electron chi connectivity index (χ1n) is 7.93. The van der Waals surface area contributed by atoms with Crippen LogP contribution in [0.5, 0.6) is 0 Å². The maximum Gasteiger partial charge on any atom is 0.214 e. The lowest BCUT2D eigenvalue weighted by Crippen LogP contribution is -2.46. The molecule has 0 amide bonds. The average molecular weight is 304 g/mol. The van der Waals surface area contributed by atoms with Gasteiger partial charge in [-0.25, -0.2) is 8.42 Å². The zero-order chi connectivity index (χ0) is 14.6. The van der Waals surface area contributed by atoms with Gasteiger partial charge >= 0.3 is 0 Å². The van der Waals surface area contributed by atoms with E-state index in [0.29, 0.717) is 6.54 Å². The maximum atomic E-state index is 12.4. The molecule has 0 aromatic carbocycles. The van der Waals surface area contributed by atoms with Crippen LogP contribution in [0.1, 0.15) is 45.4 Å². The minimum absolute atomic E-state index is 0.115.